The number of pyridine rings is 1. The van der Waals surface area contributed by atoms with E-state index in [-0.39, 0.29) is 16.7 Å². The molecule has 2 heterocycles. The fourth-order valence-electron chi connectivity index (χ4n) is 2.41. The van der Waals surface area contributed by atoms with Crippen molar-refractivity contribution in [1.29, 1.82) is 0 Å². The molecule has 6 heteroatoms. The highest BCUT2D eigenvalue weighted by Gasteiger charge is 2.23. The maximum absolute atomic E-state index is 12.2. The van der Waals surface area contributed by atoms with Crippen molar-refractivity contribution in [3.63, 3.8) is 0 Å². The van der Waals surface area contributed by atoms with E-state index < -0.39 is 0 Å². The van der Waals surface area contributed by atoms with Crippen LogP contribution in [0.1, 0.15) is 19.4 Å². The third-order valence-corrected chi connectivity index (χ3v) is 3.81. The van der Waals surface area contributed by atoms with E-state index in [9.17, 15) is 4.79 Å². The minimum Gasteiger partial charge on any atom is -0.389 e. The maximum Gasteiger partial charge on any atom is 0.260 e. The summed E-state index contributed by atoms with van der Waals surface area (Å²) in [6, 6.07) is 3.93. The molecule has 1 saturated heterocycles. The van der Waals surface area contributed by atoms with Gasteiger partial charge >= 0.3 is 0 Å². The quantitative estimate of drug-likeness (QED) is 0.824. The lowest BCUT2D eigenvalue weighted by molar-refractivity contribution is -0.0459. The smallest absolute Gasteiger partial charge is 0.260 e. The molecule has 110 valence electrons. The van der Waals surface area contributed by atoms with Crippen molar-refractivity contribution in [1.82, 2.24) is 9.47 Å². The topological polar surface area (TPSA) is 60.5 Å². The summed E-state index contributed by atoms with van der Waals surface area (Å²) in [4.78, 5) is 14.7. The molecule has 2 N–H and O–H groups in total. The molecule has 0 amide bonds. The zero-order chi connectivity index (χ0) is 14.7. The van der Waals surface area contributed by atoms with Crippen LogP contribution in [0.2, 0.25) is 0 Å². The van der Waals surface area contributed by atoms with Crippen LogP contribution in [0.5, 0.6) is 0 Å². The molecule has 20 heavy (non-hydrogen) atoms. The van der Waals surface area contributed by atoms with Crippen LogP contribution in [0.15, 0.2) is 23.1 Å². The Morgan fingerprint density at radius 2 is 2.35 bits per heavy atom. The van der Waals surface area contributed by atoms with Crippen LogP contribution >= 0.6 is 12.2 Å². The Morgan fingerprint density at radius 3 is 3.00 bits per heavy atom. The Hall–Kier alpha value is -1.24. The molecule has 2 rings (SSSR count). The van der Waals surface area contributed by atoms with E-state index in [4.69, 9.17) is 22.7 Å². The summed E-state index contributed by atoms with van der Waals surface area (Å²) >= 11 is 4.89. The number of hydrogen-bond donors (Lipinski definition) is 1. The molecule has 1 aliphatic rings. The monoisotopic (exact) mass is 295 g/mol. The second kappa shape index (κ2) is 6.47. The lowest BCUT2D eigenvalue weighted by Gasteiger charge is -2.35. The van der Waals surface area contributed by atoms with Gasteiger partial charge in [-0.15, -0.1) is 0 Å². The summed E-state index contributed by atoms with van der Waals surface area (Å²) in [5.74, 6) is 0. The van der Waals surface area contributed by atoms with E-state index >= 15 is 0 Å². The van der Waals surface area contributed by atoms with Gasteiger partial charge in [0.15, 0.2) is 0 Å². The number of nitrogens with zero attached hydrogens (tertiary/aromatic N) is 2. The van der Waals surface area contributed by atoms with Gasteiger partial charge in [0, 0.05) is 25.3 Å². The molecule has 0 bridgehead atoms. The Morgan fingerprint density at radius 1 is 1.60 bits per heavy atom. The summed E-state index contributed by atoms with van der Waals surface area (Å²) in [5, 5.41) is 0. The van der Waals surface area contributed by atoms with Crippen LogP contribution in [0, 0.1) is 0 Å². The highest BCUT2D eigenvalue weighted by molar-refractivity contribution is 7.80. The van der Waals surface area contributed by atoms with E-state index in [1.54, 1.807) is 22.9 Å². The molecule has 1 fully saturated rings. The van der Waals surface area contributed by atoms with Crippen LogP contribution < -0.4 is 11.3 Å². The van der Waals surface area contributed by atoms with Gasteiger partial charge in [-0.05, 0) is 26.0 Å². The first-order valence-corrected chi connectivity index (χ1v) is 7.24. The normalized spacial score (nSPS) is 20.2. The molecule has 1 aromatic rings. The fourth-order valence-corrected chi connectivity index (χ4v) is 2.56. The molecular weight excluding hydrogens is 274 g/mol. The molecule has 1 aromatic heterocycles. The predicted molar refractivity (Wildman–Crippen MR) is 83.0 cm³/mol. The molecule has 0 spiro atoms. The second-order valence-electron chi connectivity index (χ2n) is 5.33. The lowest BCUT2D eigenvalue weighted by Crippen LogP contribution is -2.48. The molecule has 1 atom stereocenters. The number of nitrogens with two attached hydrogens (primary N) is 1. The van der Waals surface area contributed by atoms with Gasteiger partial charge < -0.3 is 15.0 Å². The average Bonchev–Trinajstić information content (AvgIpc) is 2.41. The molecule has 0 aromatic carbocycles. The number of ether oxygens (including phenoxy) is 1. The standard InChI is InChI=1S/C14H21N3O2S/c1-10(2)16-6-7-19-11(8-16)9-17-5-3-4-12(13(15)20)14(17)18/h3-5,10-11H,6-9H2,1-2H3,(H2,15,20). The second-order valence-corrected chi connectivity index (χ2v) is 5.76. The molecular formula is C14H21N3O2S. The molecule has 0 radical (unpaired) electrons. The van der Waals surface area contributed by atoms with E-state index in [2.05, 4.69) is 18.7 Å². The zero-order valence-corrected chi connectivity index (χ0v) is 12.7. The van der Waals surface area contributed by atoms with Gasteiger partial charge in [-0.25, -0.2) is 0 Å². The number of rotatable bonds is 4. The summed E-state index contributed by atoms with van der Waals surface area (Å²) < 4.78 is 7.38. The Balaban J connectivity index is 2.12. The first kappa shape index (κ1) is 15.2. The first-order valence-electron chi connectivity index (χ1n) is 6.84. The largest absolute Gasteiger partial charge is 0.389 e. The number of morpholine rings is 1. The number of aromatic nitrogens is 1. The zero-order valence-electron chi connectivity index (χ0n) is 11.9. The third kappa shape index (κ3) is 3.45. The minimum atomic E-state index is -0.148. The Kier molecular flexibility index (Phi) is 4.91. The highest BCUT2D eigenvalue weighted by Crippen LogP contribution is 2.10. The van der Waals surface area contributed by atoms with Crippen molar-refractivity contribution in [2.75, 3.05) is 19.7 Å². The summed E-state index contributed by atoms with van der Waals surface area (Å²) in [7, 11) is 0. The summed E-state index contributed by atoms with van der Waals surface area (Å²) in [6.07, 6.45) is 1.77. The summed E-state index contributed by atoms with van der Waals surface area (Å²) in [5.41, 5.74) is 5.80. The molecule has 0 saturated carbocycles. The van der Waals surface area contributed by atoms with E-state index in [1.165, 1.54) is 0 Å². The SMILES string of the molecule is CC(C)N1CCOC(Cn2cccc(C(N)=S)c2=O)C1. The van der Waals surface area contributed by atoms with Gasteiger partial charge in [-0.1, -0.05) is 12.2 Å². The van der Waals surface area contributed by atoms with Crippen LogP contribution in [0.25, 0.3) is 0 Å². The van der Waals surface area contributed by atoms with E-state index in [0.29, 0.717) is 24.8 Å². The van der Waals surface area contributed by atoms with Crippen LogP contribution in [0.3, 0.4) is 0 Å². The first-order chi connectivity index (χ1) is 9.49. The van der Waals surface area contributed by atoms with Gasteiger partial charge in [-0.3, -0.25) is 9.69 Å². The maximum atomic E-state index is 12.2. The van der Waals surface area contributed by atoms with Gasteiger partial charge in [-0.2, -0.15) is 0 Å². The van der Waals surface area contributed by atoms with Gasteiger partial charge in [0.05, 0.1) is 24.8 Å². The number of hydrogen-bond acceptors (Lipinski definition) is 4. The molecule has 1 unspecified atom stereocenters. The molecule has 0 aliphatic carbocycles. The van der Waals surface area contributed by atoms with E-state index in [0.717, 1.165) is 13.1 Å². The Bertz CT molecular complexity index is 541. The Labute approximate surface area is 124 Å². The van der Waals surface area contributed by atoms with Crippen LogP contribution in [0.4, 0.5) is 0 Å². The van der Waals surface area contributed by atoms with Crippen molar-refractivity contribution in [2.45, 2.75) is 32.5 Å². The molecule has 5 nitrogen and oxygen atoms in total. The average molecular weight is 295 g/mol. The van der Waals surface area contributed by atoms with Gasteiger partial charge in [0.25, 0.3) is 5.56 Å². The van der Waals surface area contributed by atoms with Gasteiger partial charge in [0.2, 0.25) is 0 Å². The van der Waals surface area contributed by atoms with Crippen LogP contribution in [-0.4, -0.2) is 46.3 Å². The van der Waals surface area contributed by atoms with Crippen molar-refractivity contribution in [2.24, 2.45) is 5.73 Å². The van der Waals surface area contributed by atoms with E-state index in [1.807, 2.05) is 0 Å². The summed E-state index contributed by atoms with van der Waals surface area (Å²) in [6.45, 7) is 7.34. The minimum absolute atomic E-state index is 0.0189. The van der Waals surface area contributed by atoms with Crippen LogP contribution in [-0.2, 0) is 11.3 Å². The number of thiocarbonyl (C=S) groups is 1. The predicted octanol–water partition coefficient (Wildman–Crippen LogP) is 0.592. The molecule has 1 aliphatic heterocycles. The van der Waals surface area contributed by atoms with Crippen molar-refractivity contribution < 1.29 is 4.74 Å². The van der Waals surface area contributed by atoms with Crippen molar-refractivity contribution in [3.8, 4) is 0 Å². The lowest BCUT2D eigenvalue weighted by atomic mass is 10.2. The van der Waals surface area contributed by atoms with Crippen molar-refractivity contribution in [3.05, 3.63) is 34.2 Å². The fraction of sp³-hybridized carbons (Fsp3) is 0.571. The van der Waals surface area contributed by atoms with Crippen molar-refractivity contribution >= 4 is 17.2 Å². The highest BCUT2D eigenvalue weighted by atomic mass is 32.1. The van der Waals surface area contributed by atoms with Gasteiger partial charge in [0.1, 0.15) is 4.99 Å². The third-order valence-electron chi connectivity index (χ3n) is 3.59.